The van der Waals surface area contributed by atoms with Crippen LogP contribution in [0.5, 0.6) is 0 Å². The van der Waals surface area contributed by atoms with E-state index in [1.54, 1.807) is 29.5 Å². The molecule has 2 aromatic heterocycles. The van der Waals surface area contributed by atoms with Crippen molar-refractivity contribution in [2.24, 2.45) is 0 Å². The van der Waals surface area contributed by atoms with Gasteiger partial charge in [-0.15, -0.1) is 11.3 Å². The molecule has 0 unspecified atom stereocenters. The molecule has 8 heteroatoms. The van der Waals surface area contributed by atoms with Crippen LogP contribution >= 0.6 is 22.9 Å². The zero-order valence-electron chi connectivity index (χ0n) is 14.5. The maximum atomic E-state index is 12.2. The number of amides is 1. The van der Waals surface area contributed by atoms with Crippen molar-refractivity contribution in [2.75, 3.05) is 17.2 Å². The van der Waals surface area contributed by atoms with Crippen LogP contribution in [0, 0.1) is 32.1 Å². The van der Waals surface area contributed by atoms with Crippen LogP contribution in [0.2, 0.25) is 5.02 Å². The number of hydrogen-bond donors (Lipinski definition) is 2. The summed E-state index contributed by atoms with van der Waals surface area (Å²) in [5.41, 5.74) is 2.02. The van der Waals surface area contributed by atoms with E-state index in [-0.39, 0.29) is 12.5 Å². The van der Waals surface area contributed by atoms with Gasteiger partial charge in [0.25, 0.3) is 0 Å². The van der Waals surface area contributed by atoms with Gasteiger partial charge in [0, 0.05) is 10.6 Å². The summed E-state index contributed by atoms with van der Waals surface area (Å²) >= 11 is 7.60. The Bertz CT molecular complexity index is 1050. The van der Waals surface area contributed by atoms with E-state index in [0.717, 1.165) is 15.8 Å². The summed E-state index contributed by atoms with van der Waals surface area (Å²) in [5, 5.41) is 16.0. The van der Waals surface area contributed by atoms with Gasteiger partial charge < -0.3 is 10.6 Å². The molecule has 2 N–H and O–H groups in total. The highest BCUT2D eigenvalue weighted by Gasteiger charge is 2.14. The van der Waals surface area contributed by atoms with Gasteiger partial charge in [-0.3, -0.25) is 4.79 Å². The monoisotopic (exact) mass is 385 g/mol. The van der Waals surface area contributed by atoms with Crippen LogP contribution in [-0.4, -0.2) is 22.4 Å². The van der Waals surface area contributed by atoms with E-state index in [1.807, 2.05) is 26.8 Å². The molecule has 0 aliphatic heterocycles. The lowest BCUT2D eigenvalue weighted by Crippen LogP contribution is -2.22. The second kappa shape index (κ2) is 7.28. The van der Waals surface area contributed by atoms with Crippen molar-refractivity contribution in [2.45, 2.75) is 20.8 Å². The molecule has 0 radical (unpaired) electrons. The van der Waals surface area contributed by atoms with E-state index in [1.165, 1.54) is 4.88 Å². The minimum atomic E-state index is -0.236. The Labute approximate surface area is 159 Å². The zero-order chi connectivity index (χ0) is 18.8. The molecule has 0 spiro atoms. The fraction of sp³-hybridized carbons (Fsp3) is 0.222. The molecular weight excluding hydrogens is 370 g/mol. The molecule has 1 aromatic carbocycles. The molecule has 26 heavy (non-hydrogen) atoms. The Hall–Kier alpha value is -2.69. The fourth-order valence-corrected chi connectivity index (χ4v) is 3.83. The first kappa shape index (κ1) is 18.1. The number of nitrogens with one attached hydrogen (secondary N) is 2. The zero-order valence-corrected chi connectivity index (χ0v) is 16.0. The first-order valence-electron chi connectivity index (χ1n) is 7.86. The second-order valence-corrected chi connectivity index (χ2v) is 7.40. The van der Waals surface area contributed by atoms with Gasteiger partial charge in [0.15, 0.2) is 0 Å². The number of nitriles is 1. The van der Waals surface area contributed by atoms with Crippen molar-refractivity contribution >= 4 is 50.6 Å². The van der Waals surface area contributed by atoms with Crippen LogP contribution in [0.15, 0.2) is 18.2 Å². The largest absolute Gasteiger partial charge is 0.360 e. The molecule has 0 atom stereocenters. The standard InChI is InChI=1S/C18H16ClN5OS/c1-9-10(2)26-18-16(9)17(22-11(3)23-18)21-8-15(25)24-13-5-4-12(7-20)14(19)6-13/h4-6H,8H2,1-3H3,(H,24,25)(H,21,22,23). The number of nitrogens with zero attached hydrogens (tertiary/aromatic N) is 3. The lowest BCUT2D eigenvalue weighted by molar-refractivity contribution is -0.114. The molecule has 6 nitrogen and oxygen atoms in total. The quantitative estimate of drug-likeness (QED) is 0.702. The predicted molar refractivity (Wildman–Crippen MR) is 105 cm³/mol. The molecule has 3 rings (SSSR count). The minimum absolute atomic E-state index is 0.0531. The number of fused-ring (bicyclic) bond motifs is 1. The van der Waals surface area contributed by atoms with Crippen LogP contribution in [0.1, 0.15) is 21.8 Å². The van der Waals surface area contributed by atoms with Crippen LogP contribution in [0.25, 0.3) is 10.2 Å². The summed E-state index contributed by atoms with van der Waals surface area (Å²) in [4.78, 5) is 23.2. The summed E-state index contributed by atoms with van der Waals surface area (Å²) in [6, 6.07) is 6.75. The van der Waals surface area contributed by atoms with E-state index < -0.39 is 0 Å². The Morgan fingerprint density at radius 2 is 2.08 bits per heavy atom. The van der Waals surface area contributed by atoms with Gasteiger partial charge in [-0.1, -0.05) is 11.6 Å². The molecule has 132 valence electrons. The number of aryl methyl sites for hydroxylation is 3. The first-order chi connectivity index (χ1) is 12.4. The molecule has 0 saturated carbocycles. The highest BCUT2D eigenvalue weighted by Crippen LogP contribution is 2.33. The molecular formula is C18H16ClN5OS. The number of benzene rings is 1. The van der Waals surface area contributed by atoms with Crippen LogP contribution < -0.4 is 10.6 Å². The van der Waals surface area contributed by atoms with Crippen molar-refractivity contribution in [3.8, 4) is 6.07 Å². The number of carbonyl (C=O) groups is 1. The van der Waals surface area contributed by atoms with Gasteiger partial charge in [-0.25, -0.2) is 9.97 Å². The maximum absolute atomic E-state index is 12.2. The van der Waals surface area contributed by atoms with Crippen molar-refractivity contribution in [1.29, 1.82) is 5.26 Å². The Morgan fingerprint density at radius 3 is 2.77 bits per heavy atom. The Morgan fingerprint density at radius 1 is 1.31 bits per heavy atom. The van der Waals surface area contributed by atoms with Crippen molar-refractivity contribution < 1.29 is 4.79 Å². The summed E-state index contributed by atoms with van der Waals surface area (Å²) in [7, 11) is 0. The molecule has 3 aromatic rings. The van der Waals surface area contributed by atoms with Crippen LogP contribution in [0.3, 0.4) is 0 Å². The lowest BCUT2D eigenvalue weighted by Gasteiger charge is -2.10. The third-order valence-electron chi connectivity index (χ3n) is 3.93. The fourth-order valence-electron chi connectivity index (χ4n) is 2.54. The van der Waals surface area contributed by atoms with Gasteiger partial charge in [-0.05, 0) is 44.5 Å². The molecule has 2 heterocycles. The molecule has 0 bridgehead atoms. The van der Waals surface area contributed by atoms with E-state index in [2.05, 4.69) is 20.6 Å². The average molecular weight is 386 g/mol. The number of carbonyl (C=O) groups excluding carboxylic acids is 1. The number of aromatic nitrogens is 2. The topological polar surface area (TPSA) is 90.7 Å². The second-order valence-electron chi connectivity index (χ2n) is 5.79. The number of hydrogen-bond acceptors (Lipinski definition) is 6. The van der Waals surface area contributed by atoms with E-state index >= 15 is 0 Å². The lowest BCUT2D eigenvalue weighted by atomic mass is 10.2. The molecule has 0 aliphatic rings. The summed E-state index contributed by atoms with van der Waals surface area (Å²) in [6.07, 6.45) is 0. The van der Waals surface area contributed by atoms with E-state index in [0.29, 0.717) is 27.9 Å². The third kappa shape index (κ3) is 3.62. The normalized spacial score (nSPS) is 10.6. The highest BCUT2D eigenvalue weighted by atomic mass is 35.5. The number of thiophene rings is 1. The molecule has 1 amide bonds. The molecule has 0 aliphatic carbocycles. The van der Waals surface area contributed by atoms with Crippen molar-refractivity contribution in [3.63, 3.8) is 0 Å². The minimum Gasteiger partial charge on any atom is -0.360 e. The highest BCUT2D eigenvalue weighted by molar-refractivity contribution is 7.18. The average Bonchev–Trinajstić information content (AvgIpc) is 2.87. The molecule has 0 saturated heterocycles. The number of halogens is 1. The van der Waals surface area contributed by atoms with Crippen molar-refractivity contribution in [1.82, 2.24) is 9.97 Å². The SMILES string of the molecule is Cc1nc(NCC(=O)Nc2ccc(C#N)c(Cl)c2)c2c(C)c(C)sc2n1. The smallest absolute Gasteiger partial charge is 0.243 e. The third-order valence-corrected chi connectivity index (χ3v) is 5.34. The Balaban J connectivity index is 1.75. The number of rotatable bonds is 4. The van der Waals surface area contributed by atoms with Crippen LogP contribution in [-0.2, 0) is 4.79 Å². The first-order valence-corrected chi connectivity index (χ1v) is 9.06. The summed E-state index contributed by atoms with van der Waals surface area (Å²) in [5.74, 6) is 1.07. The maximum Gasteiger partial charge on any atom is 0.243 e. The van der Waals surface area contributed by atoms with Crippen LogP contribution in [0.4, 0.5) is 11.5 Å². The summed E-state index contributed by atoms with van der Waals surface area (Å²) in [6.45, 7) is 5.95. The molecule has 0 fully saturated rings. The van der Waals surface area contributed by atoms with Gasteiger partial charge in [0.1, 0.15) is 22.5 Å². The van der Waals surface area contributed by atoms with Crippen molar-refractivity contribution in [3.05, 3.63) is 45.1 Å². The van der Waals surface area contributed by atoms with E-state index in [9.17, 15) is 4.79 Å². The predicted octanol–water partition coefficient (Wildman–Crippen LogP) is 4.19. The van der Waals surface area contributed by atoms with E-state index in [4.69, 9.17) is 16.9 Å². The van der Waals surface area contributed by atoms with Gasteiger partial charge >= 0.3 is 0 Å². The number of anilines is 2. The van der Waals surface area contributed by atoms with Gasteiger partial charge in [-0.2, -0.15) is 5.26 Å². The van der Waals surface area contributed by atoms with Gasteiger partial charge in [0.05, 0.1) is 22.5 Å². The Kier molecular flexibility index (Phi) is 5.07. The van der Waals surface area contributed by atoms with Gasteiger partial charge in [0.2, 0.25) is 5.91 Å². The summed E-state index contributed by atoms with van der Waals surface area (Å²) < 4.78 is 0.